The minimum absolute atomic E-state index is 0.00287. The maximum atomic E-state index is 12.5. The third-order valence-corrected chi connectivity index (χ3v) is 5.11. The number of carbonyl (C=O) groups excluding carboxylic acids is 1. The fourth-order valence-electron chi connectivity index (χ4n) is 2.15. The van der Waals surface area contributed by atoms with Gasteiger partial charge in [-0.15, -0.1) is 0 Å². The molecule has 2 rings (SSSR count). The van der Waals surface area contributed by atoms with Crippen molar-refractivity contribution in [3.63, 3.8) is 0 Å². The minimum atomic E-state index is -3.93. The second kappa shape index (κ2) is 8.33. The first-order valence-electron chi connectivity index (χ1n) is 7.54. The lowest BCUT2D eigenvalue weighted by atomic mass is 10.1. The minimum Gasteiger partial charge on any atom is -0.508 e. The molecule has 0 aliphatic rings. The fourth-order valence-corrected chi connectivity index (χ4v) is 3.46. The third kappa shape index (κ3) is 5.45. The van der Waals surface area contributed by atoms with E-state index in [9.17, 15) is 18.3 Å². The summed E-state index contributed by atoms with van der Waals surface area (Å²) in [6.45, 7) is 1.77. The highest BCUT2D eigenvalue weighted by atomic mass is 35.5. The third-order valence-electron chi connectivity index (χ3n) is 3.37. The SMILES string of the molecule is CCOC(=O)[C@H](Cc1ccc(O)cc1)NS(=O)(=O)c1ccc(Cl)cc1. The monoisotopic (exact) mass is 383 g/mol. The number of benzene rings is 2. The highest BCUT2D eigenvalue weighted by molar-refractivity contribution is 7.89. The van der Waals surface area contributed by atoms with E-state index in [1.807, 2.05) is 0 Å². The standard InChI is InChI=1S/C17H18ClNO5S/c1-2-24-17(21)16(11-12-3-7-14(20)8-4-12)19-25(22,23)15-9-5-13(18)6-10-15/h3-10,16,19-20H,2,11H2,1H3/t16-/m0/s1. The molecule has 0 bridgehead atoms. The van der Waals surface area contributed by atoms with Crippen molar-refractivity contribution in [2.24, 2.45) is 0 Å². The van der Waals surface area contributed by atoms with E-state index in [2.05, 4.69) is 4.72 Å². The van der Waals surface area contributed by atoms with Gasteiger partial charge >= 0.3 is 5.97 Å². The Balaban J connectivity index is 2.24. The van der Waals surface area contributed by atoms with Crippen LogP contribution in [0.3, 0.4) is 0 Å². The predicted molar refractivity (Wildman–Crippen MR) is 94.0 cm³/mol. The van der Waals surface area contributed by atoms with E-state index in [0.29, 0.717) is 10.6 Å². The molecule has 0 aliphatic carbocycles. The fraction of sp³-hybridized carbons (Fsp3) is 0.235. The lowest BCUT2D eigenvalue weighted by Crippen LogP contribution is -2.43. The molecular weight excluding hydrogens is 366 g/mol. The summed E-state index contributed by atoms with van der Waals surface area (Å²) in [6.07, 6.45) is 0.0892. The summed E-state index contributed by atoms with van der Waals surface area (Å²) in [6, 6.07) is 10.7. The lowest BCUT2D eigenvalue weighted by Gasteiger charge is -2.17. The van der Waals surface area contributed by atoms with E-state index in [1.165, 1.54) is 36.4 Å². The zero-order valence-corrected chi connectivity index (χ0v) is 15.0. The molecule has 1 atom stereocenters. The number of halogens is 1. The van der Waals surface area contributed by atoms with Crippen LogP contribution in [0.2, 0.25) is 5.02 Å². The largest absolute Gasteiger partial charge is 0.508 e. The number of aromatic hydroxyl groups is 1. The molecule has 0 fully saturated rings. The highest BCUT2D eigenvalue weighted by Gasteiger charge is 2.27. The van der Waals surface area contributed by atoms with Crippen LogP contribution in [0, 0.1) is 0 Å². The zero-order valence-electron chi connectivity index (χ0n) is 13.5. The van der Waals surface area contributed by atoms with Crippen molar-refractivity contribution in [2.45, 2.75) is 24.3 Å². The average molecular weight is 384 g/mol. The molecule has 6 nitrogen and oxygen atoms in total. The maximum absolute atomic E-state index is 12.5. The summed E-state index contributed by atoms with van der Waals surface area (Å²) in [5.41, 5.74) is 0.676. The van der Waals surface area contributed by atoms with Crippen molar-refractivity contribution in [1.82, 2.24) is 4.72 Å². The second-order valence-corrected chi connectivity index (χ2v) is 7.40. The van der Waals surface area contributed by atoms with Crippen LogP contribution in [0.5, 0.6) is 5.75 Å². The first kappa shape index (κ1) is 19.2. The highest BCUT2D eigenvalue weighted by Crippen LogP contribution is 2.16. The van der Waals surface area contributed by atoms with Gasteiger partial charge in [-0.1, -0.05) is 23.7 Å². The van der Waals surface area contributed by atoms with E-state index in [-0.39, 0.29) is 23.7 Å². The van der Waals surface area contributed by atoms with Gasteiger partial charge in [-0.05, 0) is 55.3 Å². The topological polar surface area (TPSA) is 92.7 Å². The molecule has 0 spiro atoms. The first-order chi connectivity index (χ1) is 11.8. The first-order valence-corrected chi connectivity index (χ1v) is 9.40. The summed E-state index contributed by atoms with van der Waals surface area (Å²) in [4.78, 5) is 12.2. The second-order valence-electron chi connectivity index (χ2n) is 5.25. The molecule has 25 heavy (non-hydrogen) atoms. The zero-order chi connectivity index (χ0) is 18.4. The number of carbonyl (C=O) groups is 1. The van der Waals surface area contributed by atoms with E-state index in [0.717, 1.165) is 0 Å². The van der Waals surface area contributed by atoms with Crippen molar-refractivity contribution >= 4 is 27.6 Å². The van der Waals surface area contributed by atoms with Gasteiger partial charge in [0.1, 0.15) is 11.8 Å². The van der Waals surface area contributed by atoms with Gasteiger partial charge < -0.3 is 9.84 Å². The van der Waals surface area contributed by atoms with Crippen molar-refractivity contribution in [3.8, 4) is 5.75 Å². The average Bonchev–Trinajstić information content (AvgIpc) is 2.56. The Labute approximate surface area is 151 Å². The quantitative estimate of drug-likeness (QED) is 0.716. The van der Waals surface area contributed by atoms with Gasteiger partial charge in [-0.3, -0.25) is 4.79 Å². The predicted octanol–water partition coefficient (Wildman–Crippen LogP) is 2.50. The van der Waals surface area contributed by atoms with Gasteiger partial charge in [0.15, 0.2) is 0 Å². The molecule has 0 radical (unpaired) electrons. The van der Waals surface area contributed by atoms with Crippen LogP contribution in [-0.4, -0.2) is 32.1 Å². The molecule has 134 valence electrons. The molecule has 0 aliphatic heterocycles. The van der Waals surface area contributed by atoms with E-state index >= 15 is 0 Å². The molecule has 8 heteroatoms. The van der Waals surface area contributed by atoms with Gasteiger partial charge in [0.05, 0.1) is 11.5 Å². The van der Waals surface area contributed by atoms with Crippen molar-refractivity contribution in [2.75, 3.05) is 6.61 Å². The van der Waals surface area contributed by atoms with Gasteiger partial charge in [0.25, 0.3) is 0 Å². The number of ether oxygens (including phenoxy) is 1. The van der Waals surface area contributed by atoms with Crippen LogP contribution in [-0.2, 0) is 26.0 Å². The summed E-state index contributed by atoms with van der Waals surface area (Å²) in [5.74, 6) is -0.591. The molecule has 0 amide bonds. The molecule has 2 aromatic carbocycles. The maximum Gasteiger partial charge on any atom is 0.324 e. The van der Waals surface area contributed by atoms with Gasteiger partial charge in [0.2, 0.25) is 10.0 Å². The molecule has 0 saturated heterocycles. The molecule has 0 saturated carbocycles. The van der Waals surface area contributed by atoms with Crippen LogP contribution in [0.25, 0.3) is 0 Å². The summed E-state index contributed by atoms with van der Waals surface area (Å²) >= 11 is 5.77. The molecule has 0 aromatic heterocycles. The number of phenols is 1. The van der Waals surface area contributed by atoms with Crippen LogP contribution in [0.1, 0.15) is 12.5 Å². The number of nitrogens with one attached hydrogen (secondary N) is 1. The van der Waals surface area contributed by atoms with Crippen LogP contribution in [0.15, 0.2) is 53.4 Å². The normalized spacial score (nSPS) is 12.6. The lowest BCUT2D eigenvalue weighted by molar-refractivity contribution is -0.145. The Morgan fingerprint density at radius 3 is 2.32 bits per heavy atom. The molecule has 0 unspecified atom stereocenters. The van der Waals surface area contributed by atoms with Gasteiger partial charge in [-0.2, -0.15) is 4.72 Å². The molecule has 2 aromatic rings. The molecule has 0 heterocycles. The Morgan fingerprint density at radius 2 is 1.76 bits per heavy atom. The number of hydrogen-bond donors (Lipinski definition) is 2. The van der Waals surface area contributed by atoms with E-state index in [1.54, 1.807) is 19.1 Å². The Bertz CT molecular complexity index is 819. The Hall–Kier alpha value is -2.09. The number of phenolic OH excluding ortho intramolecular Hbond substituents is 1. The van der Waals surface area contributed by atoms with Crippen LogP contribution < -0.4 is 4.72 Å². The molecular formula is C17H18ClNO5S. The Kier molecular flexibility index (Phi) is 6.41. The number of esters is 1. The van der Waals surface area contributed by atoms with Crippen LogP contribution in [0.4, 0.5) is 0 Å². The van der Waals surface area contributed by atoms with Crippen LogP contribution >= 0.6 is 11.6 Å². The van der Waals surface area contributed by atoms with Crippen molar-refractivity contribution in [3.05, 3.63) is 59.1 Å². The van der Waals surface area contributed by atoms with Gasteiger partial charge in [-0.25, -0.2) is 8.42 Å². The van der Waals surface area contributed by atoms with Gasteiger partial charge in [0, 0.05) is 5.02 Å². The van der Waals surface area contributed by atoms with Crippen molar-refractivity contribution in [1.29, 1.82) is 0 Å². The van der Waals surface area contributed by atoms with E-state index < -0.39 is 22.0 Å². The molecule has 2 N–H and O–H groups in total. The number of hydrogen-bond acceptors (Lipinski definition) is 5. The summed E-state index contributed by atoms with van der Waals surface area (Å²) < 4.78 is 32.3. The van der Waals surface area contributed by atoms with Crippen molar-refractivity contribution < 1.29 is 23.1 Å². The number of sulfonamides is 1. The number of rotatable bonds is 7. The Morgan fingerprint density at radius 1 is 1.16 bits per heavy atom. The summed E-state index contributed by atoms with van der Waals surface area (Å²) in [7, 11) is -3.93. The smallest absolute Gasteiger partial charge is 0.324 e. The van der Waals surface area contributed by atoms with E-state index in [4.69, 9.17) is 16.3 Å². The summed E-state index contributed by atoms with van der Waals surface area (Å²) in [5, 5.41) is 9.74.